The van der Waals surface area contributed by atoms with Gasteiger partial charge in [0.25, 0.3) is 0 Å². The van der Waals surface area contributed by atoms with Gasteiger partial charge in [-0.25, -0.2) is 0 Å². The Morgan fingerprint density at radius 1 is 1.64 bits per heavy atom. The van der Waals surface area contributed by atoms with Crippen LogP contribution in [0.25, 0.3) is 0 Å². The molecule has 1 rings (SSSR count). The zero-order valence-electron chi connectivity index (χ0n) is 8.79. The molecule has 1 aromatic heterocycles. The van der Waals surface area contributed by atoms with Gasteiger partial charge in [0.05, 0.1) is 6.42 Å². The first-order valence-electron chi connectivity index (χ1n) is 4.96. The lowest BCUT2D eigenvalue weighted by molar-refractivity contribution is -0.129. The van der Waals surface area contributed by atoms with E-state index in [-0.39, 0.29) is 5.91 Å². The predicted molar refractivity (Wildman–Crippen MR) is 54.8 cm³/mol. The lowest BCUT2D eigenvalue weighted by atomic mass is 10.2. The van der Waals surface area contributed by atoms with Crippen molar-refractivity contribution < 1.29 is 4.79 Å². The van der Waals surface area contributed by atoms with Gasteiger partial charge in [0.1, 0.15) is 0 Å². The van der Waals surface area contributed by atoms with Gasteiger partial charge in [-0.05, 0) is 12.5 Å². The first kappa shape index (κ1) is 10.8. The molecular weight excluding hydrogens is 178 g/mol. The quantitative estimate of drug-likeness (QED) is 0.767. The minimum Gasteiger partial charge on any atom is -0.345 e. The summed E-state index contributed by atoms with van der Waals surface area (Å²) in [5, 5.41) is 6.58. The molecule has 14 heavy (non-hydrogen) atoms. The van der Waals surface area contributed by atoms with E-state index in [0.29, 0.717) is 6.42 Å². The molecule has 1 N–H and O–H groups in total. The Hall–Kier alpha value is -1.32. The summed E-state index contributed by atoms with van der Waals surface area (Å²) in [6.45, 7) is 2.96. The number of hydrogen-bond acceptors (Lipinski definition) is 2. The van der Waals surface area contributed by atoms with Crippen molar-refractivity contribution in [2.24, 2.45) is 0 Å². The minimum atomic E-state index is 0.141. The fourth-order valence-corrected chi connectivity index (χ4v) is 1.20. The standard InChI is InChI=1S/C10H17N3O/c1-3-4-7-13(2)10(14)8-9-5-6-11-12-9/h5-6H,3-4,7-8H2,1-2H3,(H,11,12). The fourth-order valence-electron chi connectivity index (χ4n) is 1.20. The number of likely N-dealkylation sites (N-methyl/N-ethyl adjacent to an activating group) is 1. The molecule has 1 aromatic rings. The number of aromatic amines is 1. The molecule has 1 heterocycles. The summed E-state index contributed by atoms with van der Waals surface area (Å²) in [7, 11) is 1.84. The van der Waals surface area contributed by atoms with E-state index in [1.165, 1.54) is 0 Å². The van der Waals surface area contributed by atoms with Crippen LogP contribution >= 0.6 is 0 Å². The third-order valence-electron chi connectivity index (χ3n) is 2.17. The minimum absolute atomic E-state index is 0.141. The average molecular weight is 195 g/mol. The number of carbonyl (C=O) groups is 1. The van der Waals surface area contributed by atoms with Crippen LogP contribution in [0.5, 0.6) is 0 Å². The van der Waals surface area contributed by atoms with Crippen LogP contribution < -0.4 is 0 Å². The highest BCUT2D eigenvalue weighted by Gasteiger charge is 2.09. The molecule has 0 aliphatic rings. The van der Waals surface area contributed by atoms with E-state index in [0.717, 1.165) is 25.1 Å². The second-order valence-electron chi connectivity index (χ2n) is 3.43. The Labute approximate surface area is 84.3 Å². The Balaban J connectivity index is 2.34. The van der Waals surface area contributed by atoms with Gasteiger partial charge in [0, 0.05) is 25.5 Å². The van der Waals surface area contributed by atoms with Crippen LogP contribution in [-0.4, -0.2) is 34.6 Å². The first-order chi connectivity index (χ1) is 6.74. The zero-order valence-corrected chi connectivity index (χ0v) is 8.79. The number of aromatic nitrogens is 2. The van der Waals surface area contributed by atoms with Crippen molar-refractivity contribution in [3.63, 3.8) is 0 Å². The summed E-state index contributed by atoms with van der Waals surface area (Å²) in [6.07, 6.45) is 4.25. The number of unbranched alkanes of at least 4 members (excludes halogenated alkanes) is 1. The van der Waals surface area contributed by atoms with E-state index in [4.69, 9.17) is 0 Å². The largest absolute Gasteiger partial charge is 0.345 e. The van der Waals surface area contributed by atoms with Crippen LogP contribution in [-0.2, 0) is 11.2 Å². The number of nitrogens with one attached hydrogen (secondary N) is 1. The maximum Gasteiger partial charge on any atom is 0.228 e. The Morgan fingerprint density at radius 2 is 2.43 bits per heavy atom. The average Bonchev–Trinajstić information content (AvgIpc) is 2.66. The molecule has 0 saturated heterocycles. The van der Waals surface area contributed by atoms with Crippen LogP contribution in [0.2, 0.25) is 0 Å². The summed E-state index contributed by atoms with van der Waals surface area (Å²) in [5.41, 5.74) is 0.873. The number of H-pyrrole nitrogens is 1. The molecule has 4 heteroatoms. The summed E-state index contributed by atoms with van der Waals surface area (Å²) in [5.74, 6) is 0.141. The maximum atomic E-state index is 11.6. The number of carbonyl (C=O) groups excluding carboxylic acids is 1. The van der Waals surface area contributed by atoms with Crippen molar-refractivity contribution in [2.75, 3.05) is 13.6 Å². The highest BCUT2D eigenvalue weighted by Crippen LogP contribution is 1.99. The number of amides is 1. The number of nitrogens with zero attached hydrogens (tertiary/aromatic N) is 2. The maximum absolute atomic E-state index is 11.6. The van der Waals surface area contributed by atoms with E-state index in [1.54, 1.807) is 11.1 Å². The van der Waals surface area contributed by atoms with Crippen LogP contribution in [0.15, 0.2) is 12.3 Å². The van der Waals surface area contributed by atoms with Crippen LogP contribution in [0.3, 0.4) is 0 Å². The molecule has 0 aromatic carbocycles. The highest BCUT2D eigenvalue weighted by atomic mass is 16.2. The third kappa shape index (κ3) is 3.20. The van der Waals surface area contributed by atoms with Crippen LogP contribution in [0.4, 0.5) is 0 Å². The zero-order chi connectivity index (χ0) is 10.4. The molecule has 0 fully saturated rings. The van der Waals surface area contributed by atoms with E-state index in [9.17, 15) is 4.79 Å². The second-order valence-corrected chi connectivity index (χ2v) is 3.43. The molecule has 0 aliphatic carbocycles. The molecule has 0 saturated carbocycles. The van der Waals surface area contributed by atoms with Gasteiger partial charge in [0.2, 0.25) is 5.91 Å². The molecule has 0 bridgehead atoms. The fraction of sp³-hybridized carbons (Fsp3) is 0.600. The third-order valence-corrected chi connectivity index (χ3v) is 2.17. The predicted octanol–water partition coefficient (Wildman–Crippen LogP) is 1.21. The Morgan fingerprint density at radius 3 is 3.00 bits per heavy atom. The smallest absolute Gasteiger partial charge is 0.228 e. The van der Waals surface area contributed by atoms with E-state index >= 15 is 0 Å². The molecule has 0 unspecified atom stereocenters. The number of hydrogen-bond donors (Lipinski definition) is 1. The van der Waals surface area contributed by atoms with Gasteiger partial charge in [-0.1, -0.05) is 13.3 Å². The van der Waals surface area contributed by atoms with Gasteiger partial charge < -0.3 is 4.90 Å². The molecule has 0 spiro atoms. The van der Waals surface area contributed by atoms with Crippen LogP contribution in [0.1, 0.15) is 25.5 Å². The van der Waals surface area contributed by atoms with Gasteiger partial charge in [-0.15, -0.1) is 0 Å². The molecule has 0 atom stereocenters. The van der Waals surface area contributed by atoms with Crippen molar-refractivity contribution in [3.8, 4) is 0 Å². The van der Waals surface area contributed by atoms with Crippen molar-refractivity contribution >= 4 is 5.91 Å². The van der Waals surface area contributed by atoms with Crippen molar-refractivity contribution in [3.05, 3.63) is 18.0 Å². The molecule has 4 nitrogen and oxygen atoms in total. The number of rotatable bonds is 5. The van der Waals surface area contributed by atoms with Crippen LogP contribution in [0, 0.1) is 0 Å². The van der Waals surface area contributed by atoms with Gasteiger partial charge in [-0.2, -0.15) is 5.10 Å². The van der Waals surface area contributed by atoms with Gasteiger partial charge >= 0.3 is 0 Å². The first-order valence-corrected chi connectivity index (χ1v) is 4.96. The highest BCUT2D eigenvalue weighted by molar-refractivity contribution is 5.77. The Bertz CT molecular complexity index is 269. The van der Waals surface area contributed by atoms with Gasteiger partial charge in [0.15, 0.2) is 0 Å². The second kappa shape index (κ2) is 5.42. The monoisotopic (exact) mass is 195 g/mol. The molecule has 1 amide bonds. The van der Waals surface area contributed by atoms with Gasteiger partial charge in [-0.3, -0.25) is 9.89 Å². The molecule has 0 aliphatic heterocycles. The van der Waals surface area contributed by atoms with E-state index in [2.05, 4.69) is 17.1 Å². The molecule has 0 radical (unpaired) electrons. The Kier molecular flexibility index (Phi) is 4.16. The van der Waals surface area contributed by atoms with E-state index < -0.39 is 0 Å². The van der Waals surface area contributed by atoms with Crippen molar-refractivity contribution in [2.45, 2.75) is 26.2 Å². The van der Waals surface area contributed by atoms with Crippen molar-refractivity contribution in [1.82, 2.24) is 15.1 Å². The summed E-state index contributed by atoms with van der Waals surface area (Å²) < 4.78 is 0. The van der Waals surface area contributed by atoms with Crippen molar-refractivity contribution in [1.29, 1.82) is 0 Å². The lowest BCUT2D eigenvalue weighted by Gasteiger charge is -2.15. The van der Waals surface area contributed by atoms with E-state index in [1.807, 2.05) is 13.1 Å². The lowest BCUT2D eigenvalue weighted by Crippen LogP contribution is -2.29. The SMILES string of the molecule is CCCCN(C)C(=O)Cc1ccn[nH]1. The molecular formula is C10H17N3O. The topological polar surface area (TPSA) is 49.0 Å². The summed E-state index contributed by atoms with van der Waals surface area (Å²) in [4.78, 5) is 13.4. The normalized spacial score (nSPS) is 10.1. The molecule has 78 valence electrons. The summed E-state index contributed by atoms with van der Waals surface area (Å²) in [6, 6.07) is 1.82. The summed E-state index contributed by atoms with van der Waals surface area (Å²) >= 11 is 0.